The van der Waals surface area contributed by atoms with Crippen LogP contribution >= 0.6 is 0 Å². The van der Waals surface area contributed by atoms with E-state index in [1.54, 1.807) is 24.3 Å². The molecular formula is C11H15NO3S. The highest BCUT2D eigenvalue weighted by Gasteiger charge is 2.36. The van der Waals surface area contributed by atoms with Gasteiger partial charge in [-0.3, -0.25) is 0 Å². The van der Waals surface area contributed by atoms with Crippen molar-refractivity contribution in [2.75, 3.05) is 6.61 Å². The molecule has 4 nitrogen and oxygen atoms in total. The van der Waals surface area contributed by atoms with Crippen molar-refractivity contribution in [1.82, 2.24) is 0 Å². The molecule has 0 aliphatic heterocycles. The number of sulfone groups is 1. The monoisotopic (exact) mass is 241 g/mol. The molecule has 1 atom stereocenters. The normalized spacial score (nSPS) is 18.4. The molecule has 0 bridgehead atoms. The van der Waals surface area contributed by atoms with Gasteiger partial charge in [-0.05, 0) is 30.5 Å². The molecule has 1 aliphatic carbocycles. The summed E-state index contributed by atoms with van der Waals surface area (Å²) in [5.74, 6) is 0. The zero-order valence-electron chi connectivity index (χ0n) is 8.83. The molecular weight excluding hydrogens is 226 g/mol. The molecule has 0 unspecified atom stereocenters. The van der Waals surface area contributed by atoms with Crippen LogP contribution in [0.4, 0.5) is 0 Å². The maximum atomic E-state index is 11.9. The molecule has 0 saturated heterocycles. The van der Waals surface area contributed by atoms with E-state index in [-0.39, 0.29) is 11.9 Å². The molecule has 1 aliphatic rings. The number of hydrogen-bond acceptors (Lipinski definition) is 4. The molecule has 5 heteroatoms. The topological polar surface area (TPSA) is 80.4 Å². The molecule has 0 radical (unpaired) electrons. The molecule has 3 N–H and O–H groups in total. The fraction of sp³-hybridized carbons (Fsp3) is 0.455. The summed E-state index contributed by atoms with van der Waals surface area (Å²) >= 11 is 0. The van der Waals surface area contributed by atoms with Gasteiger partial charge in [-0.15, -0.1) is 0 Å². The lowest BCUT2D eigenvalue weighted by atomic mass is 10.1. The van der Waals surface area contributed by atoms with Crippen LogP contribution in [0, 0.1) is 0 Å². The number of nitrogens with two attached hydrogens (primary N) is 1. The summed E-state index contributed by atoms with van der Waals surface area (Å²) in [6, 6.07) is 6.02. The van der Waals surface area contributed by atoms with E-state index >= 15 is 0 Å². The van der Waals surface area contributed by atoms with Crippen LogP contribution in [0.3, 0.4) is 0 Å². The third-order valence-corrected chi connectivity index (χ3v) is 5.07. The van der Waals surface area contributed by atoms with Crippen molar-refractivity contribution < 1.29 is 13.5 Å². The standard InChI is InChI=1S/C11H15NO3S/c12-11(7-13)8-1-3-9(4-2-8)16(14,15)10-5-6-10/h1-4,10-11,13H,5-7,12H2/t11-/m0/s1. The van der Waals surface area contributed by atoms with Crippen LogP contribution < -0.4 is 5.73 Å². The molecule has 1 fully saturated rings. The van der Waals surface area contributed by atoms with Crippen LogP contribution in [-0.2, 0) is 9.84 Å². The van der Waals surface area contributed by atoms with Crippen molar-refractivity contribution in [1.29, 1.82) is 0 Å². The fourth-order valence-corrected chi connectivity index (χ4v) is 3.24. The Labute approximate surface area is 95.0 Å². The van der Waals surface area contributed by atoms with Crippen LogP contribution in [-0.4, -0.2) is 25.4 Å². The van der Waals surface area contributed by atoms with Gasteiger partial charge < -0.3 is 10.8 Å². The van der Waals surface area contributed by atoms with Gasteiger partial charge >= 0.3 is 0 Å². The Bertz CT molecular complexity index is 463. The maximum Gasteiger partial charge on any atom is 0.181 e. The van der Waals surface area contributed by atoms with Gasteiger partial charge in [0.2, 0.25) is 0 Å². The first-order chi connectivity index (χ1) is 7.55. The molecule has 0 amide bonds. The average Bonchev–Trinajstić information content (AvgIpc) is 3.12. The second kappa shape index (κ2) is 4.16. The van der Waals surface area contributed by atoms with Crippen molar-refractivity contribution in [3.63, 3.8) is 0 Å². The smallest absolute Gasteiger partial charge is 0.181 e. The molecule has 0 spiro atoms. The molecule has 0 heterocycles. The molecule has 1 saturated carbocycles. The van der Waals surface area contributed by atoms with Crippen molar-refractivity contribution in [2.45, 2.75) is 29.0 Å². The molecule has 2 rings (SSSR count). The maximum absolute atomic E-state index is 11.9. The summed E-state index contributed by atoms with van der Waals surface area (Å²) in [6.07, 6.45) is 1.53. The first-order valence-electron chi connectivity index (χ1n) is 5.26. The van der Waals surface area contributed by atoms with E-state index in [0.29, 0.717) is 4.90 Å². The van der Waals surface area contributed by atoms with Gasteiger partial charge in [-0.25, -0.2) is 8.42 Å². The van der Waals surface area contributed by atoms with Crippen LogP contribution in [0.1, 0.15) is 24.4 Å². The first-order valence-corrected chi connectivity index (χ1v) is 6.80. The Morgan fingerprint density at radius 3 is 2.31 bits per heavy atom. The van der Waals surface area contributed by atoms with Gasteiger partial charge in [0.1, 0.15) is 0 Å². The first kappa shape index (κ1) is 11.6. The predicted molar refractivity (Wildman–Crippen MR) is 60.7 cm³/mol. The molecule has 16 heavy (non-hydrogen) atoms. The number of benzene rings is 1. The summed E-state index contributed by atoms with van der Waals surface area (Å²) in [5.41, 5.74) is 6.37. The number of hydrogen-bond donors (Lipinski definition) is 2. The van der Waals surface area contributed by atoms with Gasteiger partial charge in [0.25, 0.3) is 0 Å². The van der Waals surface area contributed by atoms with E-state index in [1.165, 1.54) is 0 Å². The van der Waals surface area contributed by atoms with Crippen molar-refractivity contribution in [3.05, 3.63) is 29.8 Å². The molecule has 1 aromatic carbocycles. The number of rotatable bonds is 4. The molecule has 0 aromatic heterocycles. The Balaban J connectivity index is 2.25. The van der Waals surface area contributed by atoms with Crippen molar-refractivity contribution in [2.24, 2.45) is 5.73 Å². The summed E-state index contributed by atoms with van der Waals surface area (Å²) in [4.78, 5) is 0.351. The van der Waals surface area contributed by atoms with Gasteiger partial charge in [-0.1, -0.05) is 12.1 Å². The number of aliphatic hydroxyl groups excluding tert-OH is 1. The third-order valence-electron chi connectivity index (χ3n) is 2.80. The SMILES string of the molecule is N[C@@H](CO)c1ccc(S(=O)(=O)C2CC2)cc1. The highest BCUT2D eigenvalue weighted by Crippen LogP contribution is 2.33. The molecule has 1 aromatic rings. The van der Waals surface area contributed by atoms with E-state index in [9.17, 15) is 8.42 Å². The van der Waals surface area contributed by atoms with Crippen LogP contribution in [0.2, 0.25) is 0 Å². The lowest BCUT2D eigenvalue weighted by molar-refractivity contribution is 0.268. The number of aliphatic hydroxyl groups is 1. The highest BCUT2D eigenvalue weighted by molar-refractivity contribution is 7.92. The largest absolute Gasteiger partial charge is 0.394 e. The van der Waals surface area contributed by atoms with E-state index < -0.39 is 15.9 Å². The average molecular weight is 241 g/mol. The summed E-state index contributed by atoms with van der Waals surface area (Å²) in [6.45, 7) is -0.144. The minimum atomic E-state index is -3.12. The van der Waals surface area contributed by atoms with Crippen LogP contribution in [0.25, 0.3) is 0 Å². The third kappa shape index (κ3) is 2.11. The van der Waals surface area contributed by atoms with Crippen LogP contribution in [0.5, 0.6) is 0 Å². The Hall–Kier alpha value is -0.910. The van der Waals surface area contributed by atoms with Gasteiger partial charge in [0.15, 0.2) is 9.84 Å². The van der Waals surface area contributed by atoms with Gasteiger partial charge in [0, 0.05) is 0 Å². The lowest BCUT2D eigenvalue weighted by Crippen LogP contribution is -2.14. The zero-order valence-corrected chi connectivity index (χ0v) is 9.65. The second-order valence-corrected chi connectivity index (χ2v) is 6.33. The van der Waals surface area contributed by atoms with Crippen LogP contribution in [0.15, 0.2) is 29.2 Å². The Morgan fingerprint density at radius 1 is 1.31 bits per heavy atom. The van der Waals surface area contributed by atoms with E-state index in [1.807, 2.05) is 0 Å². The van der Waals surface area contributed by atoms with Crippen molar-refractivity contribution >= 4 is 9.84 Å². The van der Waals surface area contributed by atoms with Gasteiger partial charge in [-0.2, -0.15) is 0 Å². The summed E-state index contributed by atoms with van der Waals surface area (Å²) in [7, 11) is -3.12. The van der Waals surface area contributed by atoms with E-state index in [0.717, 1.165) is 18.4 Å². The zero-order chi connectivity index (χ0) is 11.8. The minimum absolute atomic E-state index is 0.144. The lowest BCUT2D eigenvalue weighted by Gasteiger charge is -2.09. The highest BCUT2D eigenvalue weighted by atomic mass is 32.2. The summed E-state index contributed by atoms with van der Waals surface area (Å²) in [5, 5.41) is 8.68. The van der Waals surface area contributed by atoms with Crippen molar-refractivity contribution in [3.8, 4) is 0 Å². The fourth-order valence-electron chi connectivity index (χ4n) is 1.58. The molecule has 88 valence electrons. The quantitative estimate of drug-likeness (QED) is 0.809. The van der Waals surface area contributed by atoms with Gasteiger partial charge in [0.05, 0.1) is 22.8 Å². The van der Waals surface area contributed by atoms with E-state index in [4.69, 9.17) is 10.8 Å². The Morgan fingerprint density at radius 2 is 1.88 bits per heavy atom. The minimum Gasteiger partial charge on any atom is -0.394 e. The predicted octanol–water partition coefficient (Wildman–Crippen LogP) is 0.615. The summed E-state index contributed by atoms with van der Waals surface area (Å²) < 4.78 is 23.7. The van der Waals surface area contributed by atoms with E-state index in [2.05, 4.69) is 0 Å². The Kier molecular flexibility index (Phi) is 3.01. The second-order valence-electron chi connectivity index (χ2n) is 4.10.